The van der Waals surface area contributed by atoms with Gasteiger partial charge in [-0.1, -0.05) is 12.1 Å². The van der Waals surface area contributed by atoms with Gasteiger partial charge in [0.15, 0.2) is 11.6 Å². The van der Waals surface area contributed by atoms with Crippen molar-refractivity contribution in [1.29, 1.82) is 0 Å². The van der Waals surface area contributed by atoms with Crippen LogP contribution in [0, 0.1) is 0 Å². The predicted molar refractivity (Wildman–Crippen MR) is 115 cm³/mol. The second-order valence-electron chi connectivity index (χ2n) is 7.66. The molecule has 5 aromatic rings. The lowest BCUT2D eigenvalue weighted by atomic mass is 10.0. The molecule has 2 N–H and O–H groups in total. The zero-order chi connectivity index (χ0) is 25.8. The van der Waals surface area contributed by atoms with E-state index in [1.807, 2.05) is 5.32 Å². The first-order chi connectivity index (χ1) is 17.0. The number of hydrogen-bond donors (Lipinski definition) is 2. The number of pyridine rings is 1. The van der Waals surface area contributed by atoms with E-state index in [1.165, 1.54) is 18.2 Å². The highest BCUT2D eigenvalue weighted by Gasteiger charge is 2.41. The first-order valence-corrected chi connectivity index (χ1v) is 10.1. The third-order valence-electron chi connectivity index (χ3n) is 5.47. The molecular weight excluding hydrogens is 492 g/mol. The van der Waals surface area contributed by atoms with Gasteiger partial charge in [0.1, 0.15) is 11.0 Å². The Kier molecular flexibility index (Phi) is 5.11. The molecule has 0 saturated heterocycles. The molecular formula is C23H11F6N5O2. The van der Waals surface area contributed by atoms with E-state index in [1.54, 1.807) is 18.1 Å². The minimum Gasteiger partial charge on any atom is -0.345 e. The second-order valence-corrected chi connectivity index (χ2v) is 7.66. The van der Waals surface area contributed by atoms with Gasteiger partial charge >= 0.3 is 12.4 Å². The van der Waals surface area contributed by atoms with E-state index >= 15 is 0 Å². The van der Waals surface area contributed by atoms with Gasteiger partial charge in [0, 0.05) is 33.6 Å². The quantitative estimate of drug-likeness (QED) is 0.357. The highest BCUT2D eigenvalue weighted by atomic mass is 19.4. The molecule has 0 aliphatic rings. The fourth-order valence-electron chi connectivity index (χ4n) is 4.00. The summed E-state index contributed by atoms with van der Waals surface area (Å²) in [5.74, 6) is 0.433. The van der Waals surface area contributed by atoms with Crippen LogP contribution in [0.3, 0.4) is 0 Å². The molecule has 2 aromatic carbocycles. The maximum absolute atomic E-state index is 14.2. The summed E-state index contributed by atoms with van der Waals surface area (Å²) in [5, 5.41) is 7.17. The molecule has 0 atom stereocenters. The first-order valence-electron chi connectivity index (χ1n) is 10.1. The smallest absolute Gasteiger partial charge is 0.345 e. The van der Waals surface area contributed by atoms with Crippen LogP contribution >= 0.6 is 0 Å². The van der Waals surface area contributed by atoms with E-state index in [9.17, 15) is 35.9 Å². The zero-order valence-corrected chi connectivity index (χ0v) is 17.6. The number of benzene rings is 2. The van der Waals surface area contributed by atoms with Crippen LogP contribution in [0.2, 0.25) is 0 Å². The number of H-pyrrole nitrogens is 1. The Labute approximate surface area is 196 Å². The molecule has 36 heavy (non-hydrogen) atoms. The van der Waals surface area contributed by atoms with Gasteiger partial charge < -0.3 is 10.3 Å². The van der Waals surface area contributed by atoms with Crippen LogP contribution in [0.15, 0.2) is 54.9 Å². The largest absolute Gasteiger partial charge is 0.434 e. The Morgan fingerprint density at radius 2 is 1.78 bits per heavy atom. The van der Waals surface area contributed by atoms with Gasteiger partial charge in [-0.05, 0) is 30.3 Å². The van der Waals surface area contributed by atoms with Crippen molar-refractivity contribution in [2.75, 3.05) is 5.32 Å². The average Bonchev–Trinajstić information content (AvgIpc) is 3.42. The minimum absolute atomic E-state index is 0.0285. The molecule has 7 nitrogen and oxygen atoms in total. The molecule has 0 saturated carbocycles. The number of anilines is 1. The fraction of sp³-hybridized carbons (Fsp3) is 0.0870. The summed E-state index contributed by atoms with van der Waals surface area (Å²) >= 11 is 0. The fourth-order valence-corrected chi connectivity index (χ4v) is 4.00. The summed E-state index contributed by atoms with van der Waals surface area (Å²) < 4.78 is 81.8. The van der Waals surface area contributed by atoms with Crippen molar-refractivity contribution in [3.63, 3.8) is 0 Å². The molecule has 0 unspecified atom stereocenters. The molecule has 0 aliphatic heterocycles. The molecule has 3 heterocycles. The van der Waals surface area contributed by atoms with Gasteiger partial charge in [0.05, 0.1) is 17.4 Å². The number of nitrogens with zero attached hydrogens (tertiary/aromatic N) is 3. The standard InChI is InChI=1S/C23H11F6N5O2/c24-22(25,26)18-8-11(6-7-30-18)32-21(36)14-9-31-34(20(14)23(27,28)29)17-5-4-12-16(10-35)33-15-3-1-2-13(17)19(12)15/h1-9,33H,(H,30,32,36). The Bertz CT molecular complexity index is 1730. The van der Waals surface area contributed by atoms with E-state index in [0.29, 0.717) is 38.6 Å². The average molecular weight is 503 g/mol. The van der Waals surface area contributed by atoms with Gasteiger partial charge in [-0.15, -0.1) is 0 Å². The van der Waals surface area contributed by atoms with E-state index in [0.717, 1.165) is 12.3 Å². The molecule has 13 heteroatoms. The van der Waals surface area contributed by atoms with E-state index in [4.69, 9.17) is 0 Å². The summed E-state index contributed by atoms with van der Waals surface area (Å²) in [6.45, 7) is 0. The van der Waals surface area contributed by atoms with Crippen LogP contribution in [-0.4, -0.2) is 31.6 Å². The number of carbonyl (C=O) groups is 1. The van der Waals surface area contributed by atoms with Crippen molar-refractivity contribution in [3.8, 4) is 5.69 Å². The van der Waals surface area contributed by atoms with Gasteiger partial charge in [-0.3, -0.25) is 9.78 Å². The minimum atomic E-state index is -5.06. The predicted octanol–water partition coefficient (Wildman–Crippen LogP) is 4.41. The number of nitrogens with one attached hydrogen (secondary N) is 2. The number of halogens is 6. The first kappa shape index (κ1) is 23.1. The van der Waals surface area contributed by atoms with Crippen molar-refractivity contribution < 1.29 is 35.9 Å². The van der Waals surface area contributed by atoms with Crippen LogP contribution < -0.4 is 10.7 Å². The molecule has 0 radical (unpaired) electrons. The molecule has 1 amide bonds. The third kappa shape index (κ3) is 3.75. The number of amides is 1. The van der Waals surface area contributed by atoms with Crippen LogP contribution in [0.4, 0.5) is 32.0 Å². The van der Waals surface area contributed by atoms with Crippen LogP contribution in [0.25, 0.3) is 27.4 Å². The maximum atomic E-state index is 14.2. The summed E-state index contributed by atoms with van der Waals surface area (Å²) in [5.41, 5.74) is -3.59. The number of rotatable bonds is 3. The van der Waals surface area contributed by atoms with E-state index in [-0.39, 0.29) is 11.0 Å². The Morgan fingerprint density at radius 1 is 1.00 bits per heavy atom. The Morgan fingerprint density at radius 3 is 2.47 bits per heavy atom. The van der Waals surface area contributed by atoms with Crippen molar-refractivity contribution >= 4 is 39.2 Å². The lowest BCUT2D eigenvalue weighted by Crippen LogP contribution is -2.21. The summed E-state index contributed by atoms with van der Waals surface area (Å²) in [6, 6.07) is 8.99. The molecule has 0 bridgehead atoms. The highest BCUT2D eigenvalue weighted by molar-refractivity contribution is 6.13. The van der Waals surface area contributed by atoms with Gasteiger partial charge in [-0.25, -0.2) is 9.48 Å². The number of carbonyl (C=O) groups excluding carboxylic acids is 2. The number of aromatic amines is 1. The van der Waals surface area contributed by atoms with Gasteiger partial charge in [0.2, 0.25) is 0 Å². The molecule has 0 aliphatic carbocycles. The van der Waals surface area contributed by atoms with Crippen LogP contribution in [0.1, 0.15) is 21.7 Å². The maximum Gasteiger partial charge on any atom is 0.434 e. The zero-order valence-electron chi connectivity index (χ0n) is 17.6. The lowest BCUT2D eigenvalue weighted by Gasteiger charge is -2.15. The summed E-state index contributed by atoms with van der Waals surface area (Å²) in [7, 11) is 0. The van der Waals surface area contributed by atoms with Crippen molar-refractivity contribution in [2.24, 2.45) is 0 Å². The number of aromatic nitrogens is 4. The van der Waals surface area contributed by atoms with Crippen molar-refractivity contribution in [2.45, 2.75) is 12.4 Å². The highest BCUT2D eigenvalue weighted by Crippen LogP contribution is 2.37. The SMILES string of the molecule is O=C=c1[nH]c2cccc3c(-n4ncc(C(=O)Nc5ccnc(C(F)(F)F)c5)c4C(F)(F)F)ccc1c23. The Balaban J connectivity index is 1.64. The Hall–Kier alpha value is -4.64. The topological polar surface area (TPSA) is 92.7 Å². The molecule has 182 valence electrons. The molecule has 3 aromatic heterocycles. The van der Waals surface area contributed by atoms with Crippen LogP contribution in [-0.2, 0) is 17.1 Å². The van der Waals surface area contributed by atoms with Gasteiger partial charge in [0.25, 0.3) is 5.91 Å². The molecule has 5 rings (SSSR count). The van der Waals surface area contributed by atoms with Crippen LogP contribution in [0.5, 0.6) is 0 Å². The monoisotopic (exact) mass is 503 g/mol. The number of hydrogen-bond acceptors (Lipinski definition) is 4. The summed E-state index contributed by atoms with van der Waals surface area (Å²) in [4.78, 5) is 30.0. The number of alkyl halides is 6. The van der Waals surface area contributed by atoms with E-state index < -0.39 is 40.9 Å². The third-order valence-corrected chi connectivity index (χ3v) is 5.47. The van der Waals surface area contributed by atoms with Crippen molar-refractivity contribution in [1.82, 2.24) is 19.7 Å². The van der Waals surface area contributed by atoms with Gasteiger partial charge in [-0.2, -0.15) is 31.4 Å². The lowest BCUT2D eigenvalue weighted by molar-refractivity contribution is -0.143. The normalized spacial score (nSPS) is 12.3. The van der Waals surface area contributed by atoms with E-state index in [2.05, 4.69) is 15.1 Å². The molecule has 0 fully saturated rings. The molecule has 0 spiro atoms. The second kappa shape index (κ2) is 7.95. The summed E-state index contributed by atoms with van der Waals surface area (Å²) in [6.07, 6.45) is -8.42. The van der Waals surface area contributed by atoms with Crippen molar-refractivity contribution in [3.05, 3.63) is 77.2 Å².